The number of hydrogen-bond acceptors (Lipinski definition) is 3. The van der Waals surface area contributed by atoms with Crippen LogP contribution in [0, 0.1) is 5.92 Å². The molecule has 1 amide bonds. The van der Waals surface area contributed by atoms with Crippen LogP contribution in [-0.2, 0) is 0 Å². The van der Waals surface area contributed by atoms with E-state index in [-0.39, 0.29) is 5.91 Å². The number of fused-ring (bicyclic) bond motifs is 2. The molecule has 1 aromatic heterocycles. The Morgan fingerprint density at radius 3 is 3.10 bits per heavy atom. The maximum Gasteiger partial charge on any atom is 0.264 e. The summed E-state index contributed by atoms with van der Waals surface area (Å²) in [4.78, 5) is 15.8. The minimum Gasteiger partial charge on any atom is -0.333 e. The lowest BCUT2D eigenvalue weighted by atomic mass is 9.92. The number of rotatable bonds is 1. The third kappa shape index (κ3) is 1.95. The van der Waals surface area contributed by atoms with Gasteiger partial charge in [-0.2, -0.15) is 0 Å². The van der Waals surface area contributed by atoms with E-state index in [4.69, 9.17) is 0 Å². The van der Waals surface area contributed by atoms with Crippen LogP contribution < -0.4 is 5.32 Å². The molecule has 2 aliphatic rings. The molecule has 2 aliphatic heterocycles. The van der Waals surface area contributed by atoms with Crippen molar-refractivity contribution in [3.63, 3.8) is 0 Å². The number of nitrogens with zero attached hydrogens (tertiary/aromatic N) is 1. The van der Waals surface area contributed by atoms with E-state index in [2.05, 4.69) is 22.3 Å². The van der Waals surface area contributed by atoms with Crippen LogP contribution in [0.25, 0.3) is 10.1 Å². The maximum atomic E-state index is 12.8. The summed E-state index contributed by atoms with van der Waals surface area (Å²) in [7, 11) is 0. The van der Waals surface area contributed by atoms with Crippen LogP contribution in [0.3, 0.4) is 0 Å². The lowest BCUT2D eigenvalue weighted by Gasteiger charge is -2.36. The zero-order valence-corrected chi connectivity index (χ0v) is 12.2. The van der Waals surface area contributed by atoms with Crippen molar-refractivity contribution in [3.8, 4) is 0 Å². The number of thiophene rings is 1. The number of carbonyl (C=O) groups is 1. The van der Waals surface area contributed by atoms with Crippen molar-refractivity contribution < 1.29 is 4.79 Å². The van der Waals surface area contributed by atoms with Crippen molar-refractivity contribution in [1.29, 1.82) is 0 Å². The van der Waals surface area contributed by atoms with E-state index in [1.54, 1.807) is 11.3 Å². The first-order chi connectivity index (χ1) is 9.83. The summed E-state index contributed by atoms with van der Waals surface area (Å²) in [5, 5.41) is 4.62. The van der Waals surface area contributed by atoms with E-state index in [0.29, 0.717) is 12.0 Å². The Labute approximate surface area is 122 Å². The summed E-state index contributed by atoms with van der Waals surface area (Å²) in [5.74, 6) is 0.881. The van der Waals surface area contributed by atoms with E-state index in [9.17, 15) is 4.79 Å². The Balaban J connectivity index is 1.65. The second-order valence-corrected chi connectivity index (χ2v) is 6.86. The lowest BCUT2D eigenvalue weighted by molar-refractivity contribution is 0.0580. The lowest BCUT2D eigenvalue weighted by Crippen LogP contribution is -2.48. The third-order valence-electron chi connectivity index (χ3n) is 4.58. The highest BCUT2D eigenvalue weighted by Gasteiger charge is 2.37. The van der Waals surface area contributed by atoms with Crippen molar-refractivity contribution in [3.05, 3.63) is 35.2 Å². The zero-order valence-electron chi connectivity index (χ0n) is 11.3. The highest BCUT2D eigenvalue weighted by Crippen LogP contribution is 2.31. The minimum atomic E-state index is 0.226. The normalized spacial score (nSPS) is 25.9. The smallest absolute Gasteiger partial charge is 0.264 e. The third-order valence-corrected chi connectivity index (χ3v) is 5.68. The van der Waals surface area contributed by atoms with Gasteiger partial charge in [-0.1, -0.05) is 18.2 Å². The fourth-order valence-electron chi connectivity index (χ4n) is 3.55. The van der Waals surface area contributed by atoms with Crippen LogP contribution in [0.1, 0.15) is 22.5 Å². The van der Waals surface area contributed by atoms with Gasteiger partial charge >= 0.3 is 0 Å². The first-order valence-corrected chi connectivity index (χ1v) is 8.15. The van der Waals surface area contributed by atoms with Crippen molar-refractivity contribution in [2.24, 2.45) is 5.92 Å². The second-order valence-electron chi connectivity index (χ2n) is 5.77. The Hall–Kier alpha value is -1.39. The van der Waals surface area contributed by atoms with E-state index in [0.717, 1.165) is 30.9 Å². The number of piperidine rings is 1. The SMILES string of the molecule is O=C(c1cc2ccccc2s1)N1CCCC2CNCC21. The molecule has 4 rings (SSSR count). The minimum absolute atomic E-state index is 0.226. The van der Waals surface area contributed by atoms with Gasteiger partial charge in [0.2, 0.25) is 0 Å². The predicted molar refractivity (Wildman–Crippen MR) is 82.2 cm³/mol. The molecule has 0 aliphatic carbocycles. The van der Waals surface area contributed by atoms with Crippen LogP contribution in [0.4, 0.5) is 0 Å². The molecule has 2 aromatic rings. The maximum absolute atomic E-state index is 12.8. The molecule has 0 bridgehead atoms. The van der Waals surface area contributed by atoms with Crippen molar-refractivity contribution in [2.45, 2.75) is 18.9 Å². The summed E-state index contributed by atoms with van der Waals surface area (Å²) in [6.07, 6.45) is 2.40. The molecule has 0 spiro atoms. The molecule has 0 saturated carbocycles. The second kappa shape index (κ2) is 4.86. The summed E-state index contributed by atoms with van der Waals surface area (Å²) in [5.41, 5.74) is 0. The Morgan fingerprint density at radius 2 is 2.20 bits per heavy atom. The number of amides is 1. The number of hydrogen-bond donors (Lipinski definition) is 1. The van der Waals surface area contributed by atoms with Gasteiger partial charge in [-0.3, -0.25) is 4.79 Å². The van der Waals surface area contributed by atoms with Gasteiger partial charge in [0, 0.05) is 30.4 Å². The molecule has 0 radical (unpaired) electrons. The van der Waals surface area contributed by atoms with Crippen LogP contribution in [0.5, 0.6) is 0 Å². The van der Waals surface area contributed by atoms with Gasteiger partial charge in [-0.25, -0.2) is 0 Å². The molecule has 3 nitrogen and oxygen atoms in total. The first-order valence-electron chi connectivity index (χ1n) is 7.33. The molecule has 2 saturated heterocycles. The molecule has 20 heavy (non-hydrogen) atoms. The molecule has 2 atom stereocenters. The summed E-state index contributed by atoms with van der Waals surface area (Å²) < 4.78 is 1.20. The van der Waals surface area contributed by atoms with Crippen LogP contribution in [0.15, 0.2) is 30.3 Å². The monoisotopic (exact) mass is 286 g/mol. The number of likely N-dealkylation sites (tertiary alicyclic amines) is 1. The van der Waals surface area contributed by atoms with E-state index in [1.807, 2.05) is 18.2 Å². The molecular weight excluding hydrogens is 268 g/mol. The summed E-state index contributed by atoms with van der Waals surface area (Å²) >= 11 is 1.62. The molecule has 104 valence electrons. The van der Waals surface area contributed by atoms with Gasteiger partial charge in [0.25, 0.3) is 5.91 Å². The number of carbonyl (C=O) groups excluding carboxylic acids is 1. The van der Waals surface area contributed by atoms with Crippen molar-refractivity contribution in [1.82, 2.24) is 10.2 Å². The van der Waals surface area contributed by atoms with E-state index < -0.39 is 0 Å². The van der Waals surface area contributed by atoms with Gasteiger partial charge in [-0.15, -0.1) is 11.3 Å². The molecule has 2 unspecified atom stereocenters. The highest BCUT2D eigenvalue weighted by atomic mass is 32.1. The van der Waals surface area contributed by atoms with Crippen LogP contribution in [0.2, 0.25) is 0 Å². The Bertz CT molecular complexity index is 618. The Morgan fingerprint density at radius 1 is 1.30 bits per heavy atom. The largest absolute Gasteiger partial charge is 0.333 e. The van der Waals surface area contributed by atoms with E-state index in [1.165, 1.54) is 16.5 Å². The van der Waals surface area contributed by atoms with Gasteiger partial charge in [0.1, 0.15) is 0 Å². The molecule has 3 heterocycles. The molecule has 4 heteroatoms. The quantitative estimate of drug-likeness (QED) is 0.874. The van der Waals surface area contributed by atoms with E-state index >= 15 is 0 Å². The average Bonchev–Trinajstić information content (AvgIpc) is 3.12. The average molecular weight is 286 g/mol. The first kappa shape index (κ1) is 12.4. The van der Waals surface area contributed by atoms with Crippen molar-refractivity contribution >= 4 is 27.3 Å². The van der Waals surface area contributed by atoms with Gasteiger partial charge in [-0.05, 0) is 36.3 Å². The predicted octanol–water partition coefficient (Wildman–Crippen LogP) is 2.73. The molecular formula is C16H18N2OS. The summed E-state index contributed by atoms with van der Waals surface area (Å²) in [6, 6.07) is 10.7. The Kier molecular flexibility index (Phi) is 3.00. The zero-order chi connectivity index (χ0) is 13.5. The molecule has 1 N–H and O–H groups in total. The van der Waals surface area contributed by atoms with Crippen LogP contribution in [-0.4, -0.2) is 36.5 Å². The number of nitrogens with one attached hydrogen (secondary N) is 1. The fraction of sp³-hybridized carbons (Fsp3) is 0.438. The van der Waals surface area contributed by atoms with Gasteiger partial charge < -0.3 is 10.2 Å². The topological polar surface area (TPSA) is 32.3 Å². The fourth-order valence-corrected chi connectivity index (χ4v) is 4.57. The summed E-state index contributed by atoms with van der Waals surface area (Å²) in [6.45, 7) is 2.94. The molecule has 2 fully saturated rings. The highest BCUT2D eigenvalue weighted by molar-refractivity contribution is 7.20. The van der Waals surface area contributed by atoms with Gasteiger partial charge in [0.05, 0.1) is 4.88 Å². The molecule has 1 aromatic carbocycles. The number of benzene rings is 1. The van der Waals surface area contributed by atoms with Crippen molar-refractivity contribution in [2.75, 3.05) is 19.6 Å². The standard InChI is InChI=1S/C16H18N2OS/c19-16(15-8-11-4-1-2-6-14(11)20-15)18-7-3-5-12-9-17-10-13(12)18/h1-2,4,6,8,12-13,17H,3,5,7,9-10H2. The van der Waals surface area contributed by atoms with Crippen LogP contribution >= 0.6 is 11.3 Å². The van der Waals surface area contributed by atoms with Gasteiger partial charge in [0.15, 0.2) is 0 Å².